The zero-order valence-corrected chi connectivity index (χ0v) is 12.3. The average molecular weight is 264 g/mol. The third-order valence-electron chi connectivity index (χ3n) is 5.89. The number of ether oxygens (including phenoxy) is 2. The smallest absolute Gasteiger partial charge is 0.160 e. The van der Waals surface area contributed by atoms with Crippen LogP contribution in [0.15, 0.2) is 11.6 Å². The Balaban J connectivity index is 2.02. The highest BCUT2D eigenvalue weighted by atomic mass is 16.7. The van der Waals surface area contributed by atoms with Crippen molar-refractivity contribution in [3.05, 3.63) is 11.6 Å². The van der Waals surface area contributed by atoms with Gasteiger partial charge in [-0.2, -0.15) is 0 Å². The molecule has 0 N–H and O–H groups in total. The molecule has 0 aromatic heterocycles. The molecule has 6 unspecified atom stereocenters. The molecule has 1 aliphatic heterocycles. The van der Waals surface area contributed by atoms with Crippen LogP contribution >= 0.6 is 0 Å². The van der Waals surface area contributed by atoms with Crippen molar-refractivity contribution in [2.45, 2.75) is 52.4 Å². The average Bonchev–Trinajstić information content (AvgIpc) is 2.69. The Bertz CT molecular complexity index is 426. The summed E-state index contributed by atoms with van der Waals surface area (Å²) in [4.78, 5) is 11.8. The lowest BCUT2D eigenvalue weighted by molar-refractivity contribution is -0.132. The monoisotopic (exact) mass is 264 g/mol. The van der Waals surface area contributed by atoms with E-state index in [9.17, 15) is 4.79 Å². The summed E-state index contributed by atoms with van der Waals surface area (Å²) < 4.78 is 11.6. The minimum atomic E-state index is -0.0870. The van der Waals surface area contributed by atoms with Gasteiger partial charge in [0.2, 0.25) is 0 Å². The molecule has 0 amide bonds. The van der Waals surface area contributed by atoms with E-state index in [1.54, 1.807) is 7.11 Å². The van der Waals surface area contributed by atoms with Crippen molar-refractivity contribution >= 4 is 5.78 Å². The molecule has 0 radical (unpaired) electrons. The zero-order chi connectivity index (χ0) is 13.8. The van der Waals surface area contributed by atoms with Crippen LogP contribution in [0.2, 0.25) is 0 Å². The fourth-order valence-electron chi connectivity index (χ4n) is 4.76. The molecule has 0 bridgehead atoms. The second-order valence-electron chi connectivity index (χ2n) is 6.73. The molecule has 3 nitrogen and oxygen atoms in total. The first-order valence-electron chi connectivity index (χ1n) is 7.40. The summed E-state index contributed by atoms with van der Waals surface area (Å²) in [6.07, 6.45) is 4.82. The molecule has 2 aliphatic carbocycles. The third kappa shape index (κ3) is 1.74. The molecule has 1 saturated carbocycles. The first-order valence-corrected chi connectivity index (χ1v) is 7.40. The van der Waals surface area contributed by atoms with E-state index in [0.29, 0.717) is 30.0 Å². The number of allylic oxidation sites excluding steroid dienone is 2. The van der Waals surface area contributed by atoms with Crippen molar-refractivity contribution in [2.75, 3.05) is 7.11 Å². The summed E-state index contributed by atoms with van der Waals surface area (Å²) in [6, 6.07) is 0. The van der Waals surface area contributed by atoms with Gasteiger partial charge in [-0.1, -0.05) is 26.3 Å². The number of carbonyl (C=O) groups is 1. The van der Waals surface area contributed by atoms with E-state index in [2.05, 4.69) is 20.8 Å². The minimum Gasteiger partial charge on any atom is -0.356 e. The van der Waals surface area contributed by atoms with Gasteiger partial charge in [-0.05, 0) is 30.3 Å². The van der Waals surface area contributed by atoms with Crippen LogP contribution in [0.4, 0.5) is 0 Å². The number of methoxy groups -OCH3 is 1. The second-order valence-corrected chi connectivity index (χ2v) is 6.73. The molecule has 1 saturated heterocycles. The maximum absolute atomic E-state index is 11.8. The number of carbonyl (C=O) groups excluding carboxylic acids is 1. The maximum atomic E-state index is 11.8. The molecule has 19 heavy (non-hydrogen) atoms. The minimum absolute atomic E-state index is 0.0870. The fourth-order valence-corrected chi connectivity index (χ4v) is 4.76. The molecule has 0 aromatic rings. The topological polar surface area (TPSA) is 35.5 Å². The predicted molar refractivity (Wildman–Crippen MR) is 72.5 cm³/mol. The Kier molecular flexibility index (Phi) is 3.10. The van der Waals surface area contributed by atoms with Crippen molar-refractivity contribution < 1.29 is 14.3 Å². The summed E-state index contributed by atoms with van der Waals surface area (Å²) >= 11 is 0. The van der Waals surface area contributed by atoms with Gasteiger partial charge in [-0.3, -0.25) is 4.79 Å². The quantitative estimate of drug-likeness (QED) is 0.730. The van der Waals surface area contributed by atoms with E-state index in [1.807, 2.05) is 6.08 Å². The van der Waals surface area contributed by atoms with Gasteiger partial charge in [0.05, 0.1) is 6.10 Å². The maximum Gasteiger partial charge on any atom is 0.160 e. The molecule has 106 valence electrons. The van der Waals surface area contributed by atoms with E-state index >= 15 is 0 Å². The highest BCUT2D eigenvalue weighted by Gasteiger charge is 2.57. The number of hydrogen-bond acceptors (Lipinski definition) is 3. The van der Waals surface area contributed by atoms with Crippen LogP contribution in [0, 0.1) is 23.2 Å². The van der Waals surface area contributed by atoms with Crippen molar-refractivity contribution in [2.24, 2.45) is 23.2 Å². The summed E-state index contributed by atoms with van der Waals surface area (Å²) in [5.41, 5.74) is 1.45. The molecule has 3 heteroatoms. The standard InChI is InChI=1S/C16H24O3/c1-9-7-12(17)8-11-5-6-13-14(16(9,11)3)10(2)15(18-4)19-13/h8-10,13-15H,5-7H2,1-4H3. The molecule has 1 heterocycles. The second kappa shape index (κ2) is 4.42. The Morgan fingerprint density at radius 3 is 2.84 bits per heavy atom. The SMILES string of the molecule is COC1OC2CCC3=CC(=O)CC(C)C3(C)C2C1C. The fraction of sp³-hybridized carbons (Fsp3) is 0.812. The van der Waals surface area contributed by atoms with Crippen molar-refractivity contribution in [1.82, 2.24) is 0 Å². The normalized spacial score (nSPS) is 49.6. The van der Waals surface area contributed by atoms with Crippen LogP contribution in [0.3, 0.4) is 0 Å². The Labute approximate surface area is 115 Å². The van der Waals surface area contributed by atoms with Crippen LogP contribution in [-0.2, 0) is 14.3 Å². The van der Waals surface area contributed by atoms with E-state index in [4.69, 9.17) is 9.47 Å². The lowest BCUT2D eigenvalue weighted by Gasteiger charge is -2.51. The molecule has 6 atom stereocenters. The summed E-state index contributed by atoms with van der Waals surface area (Å²) in [7, 11) is 1.73. The first-order chi connectivity index (χ1) is 8.98. The van der Waals surface area contributed by atoms with Crippen LogP contribution in [0.1, 0.15) is 40.0 Å². The largest absolute Gasteiger partial charge is 0.356 e. The lowest BCUT2D eigenvalue weighted by atomic mass is 9.53. The molecular formula is C16H24O3. The van der Waals surface area contributed by atoms with Crippen LogP contribution < -0.4 is 0 Å². The van der Waals surface area contributed by atoms with Crippen LogP contribution in [0.25, 0.3) is 0 Å². The Morgan fingerprint density at radius 1 is 1.42 bits per heavy atom. The molecule has 0 aromatic carbocycles. The Morgan fingerprint density at radius 2 is 2.16 bits per heavy atom. The van der Waals surface area contributed by atoms with Crippen LogP contribution in [0.5, 0.6) is 0 Å². The molecule has 3 rings (SSSR count). The van der Waals surface area contributed by atoms with E-state index < -0.39 is 0 Å². The number of hydrogen-bond donors (Lipinski definition) is 0. The molecule has 2 fully saturated rings. The highest BCUT2D eigenvalue weighted by Crippen LogP contribution is 2.59. The molecule has 0 spiro atoms. The third-order valence-corrected chi connectivity index (χ3v) is 5.89. The van der Waals surface area contributed by atoms with Gasteiger partial charge in [-0.15, -0.1) is 0 Å². The summed E-state index contributed by atoms with van der Waals surface area (Å²) in [5.74, 6) is 1.56. The van der Waals surface area contributed by atoms with Gasteiger partial charge >= 0.3 is 0 Å². The van der Waals surface area contributed by atoms with Crippen molar-refractivity contribution in [3.63, 3.8) is 0 Å². The lowest BCUT2D eigenvalue weighted by Crippen LogP contribution is -2.48. The zero-order valence-electron chi connectivity index (χ0n) is 12.3. The van der Waals surface area contributed by atoms with Gasteiger partial charge in [-0.25, -0.2) is 0 Å². The summed E-state index contributed by atoms with van der Waals surface area (Å²) in [5, 5.41) is 0. The number of fused-ring (bicyclic) bond motifs is 3. The predicted octanol–water partition coefficient (Wildman–Crippen LogP) is 2.95. The highest BCUT2D eigenvalue weighted by molar-refractivity contribution is 5.92. The molecule has 3 aliphatic rings. The van der Waals surface area contributed by atoms with Gasteiger partial charge in [0, 0.05) is 25.4 Å². The van der Waals surface area contributed by atoms with Crippen molar-refractivity contribution in [3.8, 4) is 0 Å². The molecular weight excluding hydrogens is 240 g/mol. The first kappa shape index (κ1) is 13.3. The van der Waals surface area contributed by atoms with Gasteiger partial charge in [0.15, 0.2) is 12.1 Å². The van der Waals surface area contributed by atoms with E-state index in [-0.39, 0.29) is 17.8 Å². The van der Waals surface area contributed by atoms with Gasteiger partial charge in [0.1, 0.15) is 0 Å². The van der Waals surface area contributed by atoms with Crippen molar-refractivity contribution in [1.29, 1.82) is 0 Å². The number of ketones is 1. The van der Waals surface area contributed by atoms with Gasteiger partial charge in [0.25, 0.3) is 0 Å². The van der Waals surface area contributed by atoms with Gasteiger partial charge < -0.3 is 9.47 Å². The van der Waals surface area contributed by atoms with Crippen LogP contribution in [-0.4, -0.2) is 25.3 Å². The Hall–Kier alpha value is -0.670. The number of rotatable bonds is 1. The van der Waals surface area contributed by atoms with E-state index in [1.165, 1.54) is 5.57 Å². The summed E-state index contributed by atoms with van der Waals surface area (Å²) in [6.45, 7) is 6.79. The van der Waals surface area contributed by atoms with E-state index in [0.717, 1.165) is 12.8 Å².